The minimum absolute atomic E-state index is 0.0765. The van der Waals surface area contributed by atoms with Gasteiger partial charge in [0.15, 0.2) is 11.0 Å². The van der Waals surface area contributed by atoms with Crippen LogP contribution in [-0.4, -0.2) is 25.9 Å². The van der Waals surface area contributed by atoms with Gasteiger partial charge < -0.3 is 5.32 Å². The van der Waals surface area contributed by atoms with Crippen molar-refractivity contribution >= 4 is 50.9 Å². The van der Waals surface area contributed by atoms with E-state index in [4.69, 9.17) is 11.6 Å². The summed E-state index contributed by atoms with van der Waals surface area (Å²) >= 11 is 11.2. The van der Waals surface area contributed by atoms with Gasteiger partial charge in [0.05, 0.1) is 5.25 Å². The highest BCUT2D eigenvalue weighted by Crippen LogP contribution is 2.33. The van der Waals surface area contributed by atoms with E-state index >= 15 is 0 Å². The molecule has 0 aliphatic carbocycles. The highest BCUT2D eigenvalue weighted by atomic mass is 79.9. The van der Waals surface area contributed by atoms with Crippen LogP contribution in [0.4, 0.5) is 5.69 Å². The van der Waals surface area contributed by atoms with Crippen molar-refractivity contribution < 1.29 is 4.79 Å². The minimum Gasteiger partial charge on any atom is -0.325 e. The molecule has 0 saturated carbocycles. The maximum Gasteiger partial charge on any atom is 0.237 e. The Balaban J connectivity index is 1.67. The number of thioether (sulfide) groups is 1. The summed E-state index contributed by atoms with van der Waals surface area (Å²) in [7, 11) is 0. The summed E-state index contributed by atoms with van der Waals surface area (Å²) in [5.41, 5.74) is 3.53. The van der Waals surface area contributed by atoms with Crippen molar-refractivity contribution in [3.05, 3.63) is 87.9 Å². The number of nitrogens with zero attached hydrogens (tertiary/aromatic N) is 3. The first-order valence-electron chi connectivity index (χ1n) is 10.5. The smallest absolute Gasteiger partial charge is 0.237 e. The molecule has 168 valence electrons. The van der Waals surface area contributed by atoms with Gasteiger partial charge in [-0.3, -0.25) is 9.36 Å². The third kappa shape index (κ3) is 5.49. The molecule has 4 aromatic rings. The van der Waals surface area contributed by atoms with Crippen LogP contribution in [0.2, 0.25) is 5.02 Å². The second-order valence-corrected chi connectivity index (χ2v) is 9.94. The van der Waals surface area contributed by atoms with E-state index in [2.05, 4.69) is 31.4 Å². The third-order valence-electron chi connectivity index (χ3n) is 5.10. The van der Waals surface area contributed by atoms with Gasteiger partial charge in [0.25, 0.3) is 0 Å². The average Bonchev–Trinajstić information content (AvgIpc) is 3.24. The third-order valence-corrected chi connectivity index (χ3v) is 7.34. The molecule has 0 spiro atoms. The number of carbonyl (C=O) groups is 1. The zero-order valence-corrected chi connectivity index (χ0v) is 21.3. The summed E-state index contributed by atoms with van der Waals surface area (Å²) in [6.07, 6.45) is 0.639. The van der Waals surface area contributed by atoms with Crippen LogP contribution >= 0.6 is 39.3 Å². The van der Waals surface area contributed by atoms with Crippen molar-refractivity contribution in [1.82, 2.24) is 14.8 Å². The number of nitrogens with one attached hydrogen (secondary N) is 1. The minimum atomic E-state index is -0.338. The van der Waals surface area contributed by atoms with Crippen molar-refractivity contribution in [2.45, 2.75) is 30.7 Å². The lowest BCUT2D eigenvalue weighted by molar-refractivity contribution is -0.115. The number of hydrogen-bond donors (Lipinski definition) is 1. The van der Waals surface area contributed by atoms with E-state index in [1.54, 1.807) is 0 Å². The Kier molecular flexibility index (Phi) is 7.53. The maximum atomic E-state index is 13.0. The Morgan fingerprint density at radius 1 is 1.09 bits per heavy atom. The summed E-state index contributed by atoms with van der Waals surface area (Å²) in [5, 5.41) is 12.9. The van der Waals surface area contributed by atoms with Gasteiger partial charge in [0.2, 0.25) is 5.91 Å². The average molecular weight is 542 g/mol. The molecule has 1 unspecified atom stereocenters. The molecule has 1 N–H and O–H groups in total. The molecule has 0 bridgehead atoms. The van der Waals surface area contributed by atoms with Gasteiger partial charge in [-0.25, -0.2) is 0 Å². The van der Waals surface area contributed by atoms with Gasteiger partial charge in [-0.05, 0) is 61.4 Å². The van der Waals surface area contributed by atoms with Crippen LogP contribution in [0.1, 0.15) is 18.9 Å². The van der Waals surface area contributed by atoms with Crippen LogP contribution in [0.15, 0.2) is 82.4 Å². The highest BCUT2D eigenvalue weighted by Gasteiger charge is 2.24. The second kappa shape index (κ2) is 10.5. The molecule has 8 heteroatoms. The number of rotatable bonds is 7. The Morgan fingerprint density at radius 3 is 2.48 bits per heavy atom. The Labute approximate surface area is 210 Å². The molecular formula is C25H22BrClN4OS. The van der Waals surface area contributed by atoms with Gasteiger partial charge in [-0.15, -0.1) is 10.2 Å². The Hall–Kier alpha value is -2.61. The molecule has 0 saturated heterocycles. The van der Waals surface area contributed by atoms with E-state index in [0.717, 1.165) is 27.0 Å². The molecule has 1 atom stereocenters. The molecule has 0 aliphatic rings. The molecule has 5 nitrogen and oxygen atoms in total. The number of hydrogen-bond acceptors (Lipinski definition) is 4. The van der Waals surface area contributed by atoms with E-state index in [1.165, 1.54) is 11.8 Å². The Bertz CT molecular complexity index is 1260. The monoisotopic (exact) mass is 540 g/mol. The standard InChI is InChI=1S/C25H22BrClN4OS/c1-3-22(24(32)28-19-13-11-18(26)12-14-19)33-25-30-29-23(17-10-9-16(2)21(27)15-17)31(25)20-7-5-4-6-8-20/h4-15,22H,3H2,1-2H3,(H,28,32). The summed E-state index contributed by atoms with van der Waals surface area (Å²) < 4.78 is 2.93. The number of anilines is 1. The van der Waals surface area contributed by atoms with Crippen molar-refractivity contribution in [3.63, 3.8) is 0 Å². The SMILES string of the molecule is CCC(Sc1nnc(-c2ccc(C)c(Cl)c2)n1-c1ccccc1)C(=O)Nc1ccc(Br)cc1. The quantitative estimate of drug-likeness (QED) is 0.252. The number of aryl methyl sites for hydroxylation is 1. The number of halogens is 2. The lowest BCUT2D eigenvalue weighted by Crippen LogP contribution is -2.25. The molecule has 1 aromatic heterocycles. The van der Waals surface area contributed by atoms with E-state index in [1.807, 2.05) is 91.2 Å². The van der Waals surface area contributed by atoms with Crippen molar-refractivity contribution in [1.29, 1.82) is 0 Å². The van der Waals surface area contributed by atoms with Crippen molar-refractivity contribution in [3.8, 4) is 17.1 Å². The van der Waals surface area contributed by atoms with Crippen LogP contribution in [0, 0.1) is 6.92 Å². The molecule has 0 radical (unpaired) electrons. The predicted octanol–water partition coefficient (Wildman–Crippen LogP) is 7.17. The molecular weight excluding hydrogens is 520 g/mol. The van der Waals surface area contributed by atoms with Crippen LogP contribution in [0.25, 0.3) is 17.1 Å². The molecule has 0 fully saturated rings. The van der Waals surface area contributed by atoms with Crippen LogP contribution < -0.4 is 5.32 Å². The van der Waals surface area contributed by atoms with E-state index < -0.39 is 0 Å². The number of carbonyl (C=O) groups excluding carboxylic acids is 1. The molecule has 4 rings (SSSR count). The number of aromatic nitrogens is 3. The van der Waals surface area contributed by atoms with Gasteiger partial charge in [0, 0.05) is 26.4 Å². The number of amides is 1. The predicted molar refractivity (Wildman–Crippen MR) is 139 cm³/mol. The van der Waals surface area contributed by atoms with Crippen LogP contribution in [0.5, 0.6) is 0 Å². The molecule has 33 heavy (non-hydrogen) atoms. The summed E-state index contributed by atoms with van der Waals surface area (Å²) in [5.74, 6) is 0.598. The normalized spacial score (nSPS) is 11.9. The van der Waals surface area contributed by atoms with Gasteiger partial charge in [-0.1, -0.05) is 76.5 Å². The summed E-state index contributed by atoms with van der Waals surface area (Å²) in [4.78, 5) is 13.0. The molecule has 3 aromatic carbocycles. The van der Waals surface area contributed by atoms with Crippen molar-refractivity contribution in [2.24, 2.45) is 0 Å². The first-order valence-corrected chi connectivity index (χ1v) is 12.5. The van der Waals surface area contributed by atoms with E-state index in [-0.39, 0.29) is 11.2 Å². The zero-order chi connectivity index (χ0) is 23.4. The number of benzene rings is 3. The first kappa shape index (κ1) is 23.5. The summed E-state index contributed by atoms with van der Waals surface area (Å²) in [6, 6.07) is 23.3. The fourth-order valence-corrected chi connectivity index (χ4v) is 4.70. The fraction of sp³-hybridized carbons (Fsp3) is 0.160. The number of para-hydroxylation sites is 1. The lowest BCUT2D eigenvalue weighted by atomic mass is 10.1. The lowest BCUT2D eigenvalue weighted by Gasteiger charge is -2.16. The largest absolute Gasteiger partial charge is 0.325 e. The molecule has 0 aliphatic heterocycles. The van der Waals surface area contributed by atoms with Gasteiger partial charge in [-0.2, -0.15) is 0 Å². The fourth-order valence-electron chi connectivity index (χ4n) is 3.28. The van der Waals surface area contributed by atoms with Crippen LogP contribution in [0.3, 0.4) is 0 Å². The van der Waals surface area contributed by atoms with Gasteiger partial charge >= 0.3 is 0 Å². The molecule has 1 heterocycles. The van der Waals surface area contributed by atoms with Crippen LogP contribution in [-0.2, 0) is 4.79 Å². The first-order chi connectivity index (χ1) is 16.0. The Morgan fingerprint density at radius 2 is 1.82 bits per heavy atom. The maximum absolute atomic E-state index is 13.0. The van der Waals surface area contributed by atoms with Gasteiger partial charge in [0.1, 0.15) is 0 Å². The summed E-state index contributed by atoms with van der Waals surface area (Å²) in [6.45, 7) is 3.95. The molecule has 1 amide bonds. The van der Waals surface area contributed by atoms with E-state index in [9.17, 15) is 4.79 Å². The topological polar surface area (TPSA) is 59.8 Å². The zero-order valence-electron chi connectivity index (χ0n) is 18.1. The van der Waals surface area contributed by atoms with Crippen molar-refractivity contribution in [2.75, 3.05) is 5.32 Å². The van der Waals surface area contributed by atoms with E-state index in [0.29, 0.717) is 22.4 Å². The highest BCUT2D eigenvalue weighted by molar-refractivity contribution is 9.10. The second-order valence-electron chi connectivity index (χ2n) is 7.45.